The van der Waals surface area contributed by atoms with Crippen LogP contribution in [0.4, 0.5) is 5.69 Å². The molecule has 0 heterocycles. The third-order valence-electron chi connectivity index (χ3n) is 2.73. The summed E-state index contributed by atoms with van der Waals surface area (Å²) in [4.78, 5) is 11.0. The van der Waals surface area contributed by atoms with Crippen molar-refractivity contribution in [2.24, 2.45) is 0 Å². The number of methoxy groups -OCH3 is 1. The highest BCUT2D eigenvalue weighted by molar-refractivity contribution is 5.95. The number of anilines is 1. The average Bonchev–Trinajstić information content (AvgIpc) is 2.42. The zero-order valence-electron chi connectivity index (χ0n) is 11.0. The van der Waals surface area contributed by atoms with Crippen LogP contribution in [0, 0.1) is 0 Å². The molecule has 0 saturated heterocycles. The standard InChI is InChI=1S/C15H15NO4/c1-19-9-10-4-2-5-11(8-10)20-13-7-3-6-12(14(13)16)15(17)18/h2-8H,9,16H2,1H3,(H,17,18). The second-order valence-electron chi connectivity index (χ2n) is 4.21. The molecular formula is C15H15NO4. The summed E-state index contributed by atoms with van der Waals surface area (Å²) in [6.45, 7) is 0.474. The van der Waals surface area contributed by atoms with E-state index in [1.165, 1.54) is 6.07 Å². The predicted octanol–water partition coefficient (Wildman–Crippen LogP) is 2.91. The Balaban J connectivity index is 2.28. The van der Waals surface area contributed by atoms with Crippen LogP contribution in [0.15, 0.2) is 42.5 Å². The van der Waals surface area contributed by atoms with Gasteiger partial charge in [0.1, 0.15) is 5.75 Å². The van der Waals surface area contributed by atoms with Gasteiger partial charge in [-0.15, -0.1) is 0 Å². The fourth-order valence-electron chi connectivity index (χ4n) is 1.81. The van der Waals surface area contributed by atoms with E-state index in [0.29, 0.717) is 18.1 Å². The van der Waals surface area contributed by atoms with Crippen molar-refractivity contribution in [2.75, 3.05) is 12.8 Å². The number of hydrogen-bond donors (Lipinski definition) is 2. The van der Waals surface area contributed by atoms with Crippen LogP contribution in [0.25, 0.3) is 0 Å². The van der Waals surface area contributed by atoms with Crippen molar-refractivity contribution >= 4 is 11.7 Å². The zero-order chi connectivity index (χ0) is 14.5. The van der Waals surface area contributed by atoms with Crippen molar-refractivity contribution in [1.82, 2.24) is 0 Å². The van der Waals surface area contributed by atoms with E-state index in [0.717, 1.165) is 5.56 Å². The van der Waals surface area contributed by atoms with Crippen molar-refractivity contribution in [3.63, 3.8) is 0 Å². The molecule has 0 spiro atoms. The molecule has 104 valence electrons. The maximum Gasteiger partial charge on any atom is 0.337 e. The van der Waals surface area contributed by atoms with Crippen LogP contribution >= 0.6 is 0 Å². The molecule has 2 aromatic carbocycles. The van der Waals surface area contributed by atoms with Crippen LogP contribution in [0.1, 0.15) is 15.9 Å². The molecule has 0 saturated carbocycles. The first kappa shape index (κ1) is 13.9. The molecule has 20 heavy (non-hydrogen) atoms. The molecule has 0 radical (unpaired) electrons. The lowest BCUT2D eigenvalue weighted by Gasteiger charge is -2.11. The van der Waals surface area contributed by atoms with Crippen LogP contribution in [0.5, 0.6) is 11.5 Å². The van der Waals surface area contributed by atoms with Gasteiger partial charge in [-0.1, -0.05) is 18.2 Å². The number of hydrogen-bond acceptors (Lipinski definition) is 4. The Morgan fingerprint density at radius 3 is 2.70 bits per heavy atom. The average molecular weight is 273 g/mol. The van der Waals surface area contributed by atoms with E-state index in [1.54, 1.807) is 25.3 Å². The number of benzene rings is 2. The molecule has 5 heteroatoms. The van der Waals surface area contributed by atoms with Crippen molar-refractivity contribution < 1.29 is 19.4 Å². The summed E-state index contributed by atoms with van der Waals surface area (Å²) in [7, 11) is 1.61. The van der Waals surface area contributed by atoms with E-state index in [1.807, 2.05) is 18.2 Å². The quantitative estimate of drug-likeness (QED) is 0.818. The lowest BCUT2D eigenvalue weighted by molar-refractivity contribution is 0.0697. The lowest BCUT2D eigenvalue weighted by atomic mass is 10.1. The number of carboxylic acids is 1. The molecular weight excluding hydrogens is 258 g/mol. The summed E-state index contributed by atoms with van der Waals surface area (Å²) in [6, 6.07) is 12.0. The van der Waals surface area contributed by atoms with Gasteiger partial charge in [-0.3, -0.25) is 0 Å². The highest BCUT2D eigenvalue weighted by Crippen LogP contribution is 2.30. The topological polar surface area (TPSA) is 81.8 Å². The first-order valence-electron chi connectivity index (χ1n) is 5.99. The van der Waals surface area contributed by atoms with Crippen molar-refractivity contribution in [2.45, 2.75) is 6.61 Å². The van der Waals surface area contributed by atoms with E-state index in [4.69, 9.17) is 20.3 Å². The van der Waals surface area contributed by atoms with E-state index >= 15 is 0 Å². The van der Waals surface area contributed by atoms with Crippen LogP contribution in [-0.2, 0) is 11.3 Å². The molecule has 0 aliphatic carbocycles. The highest BCUT2D eigenvalue weighted by atomic mass is 16.5. The van der Waals surface area contributed by atoms with Gasteiger partial charge in [0.15, 0.2) is 5.75 Å². The Bertz CT molecular complexity index is 625. The first-order chi connectivity index (χ1) is 9.61. The third-order valence-corrected chi connectivity index (χ3v) is 2.73. The van der Waals surface area contributed by atoms with E-state index in [-0.39, 0.29) is 11.3 Å². The molecule has 0 fully saturated rings. The van der Waals surface area contributed by atoms with Gasteiger partial charge in [0.25, 0.3) is 0 Å². The Morgan fingerprint density at radius 1 is 1.25 bits per heavy atom. The van der Waals surface area contributed by atoms with Gasteiger partial charge < -0.3 is 20.3 Å². The molecule has 2 aromatic rings. The molecule has 0 aliphatic heterocycles. The van der Waals surface area contributed by atoms with Crippen molar-refractivity contribution in [1.29, 1.82) is 0 Å². The molecule has 0 bridgehead atoms. The summed E-state index contributed by atoms with van der Waals surface area (Å²) < 4.78 is 10.7. The number of rotatable bonds is 5. The molecule has 0 aromatic heterocycles. The molecule has 3 N–H and O–H groups in total. The summed E-state index contributed by atoms with van der Waals surface area (Å²) in [5.41, 5.74) is 6.89. The van der Waals surface area contributed by atoms with E-state index < -0.39 is 5.97 Å². The molecule has 2 rings (SSSR count). The minimum Gasteiger partial charge on any atom is -0.478 e. The van der Waals surface area contributed by atoms with Crippen LogP contribution < -0.4 is 10.5 Å². The SMILES string of the molecule is COCc1cccc(Oc2cccc(C(=O)O)c2N)c1. The monoisotopic (exact) mass is 273 g/mol. The Morgan fingerprint density at radius 2 is 2.00 bits per heavy atom. The van der Waals surface area contributed by atoms with Crippen LogP contribution in [-0.4, -0.2) is 18.2 Å². The van der Waals surface area contributed by atoms with Gasteiger partial charge in [0, 0.05) is 7.11 Å². The maximum atomic E-state index is 11.0. The van der Waals surface area contributed by atoms with Crippen molar-refractivity contribution in [3.8, 4) is 11.5 Å². The molecule has 0 amide bonds. The Labute approximate surface area is 116 Å². The maximum absolute atomic E-state index is 11.0. The minimum absolute atomic E-state index is 0.0237. The van der Waals surface area contributed by atoms with Gasteiger partial charge in [0.05, 0.1) is 17.9 Å². The van der Waals surface area contributed by atoms with Crippen molar-refractivity contribution in [3.05, 3.63) is 53.6 Å². The van der Waals surface area contributed by atoms with Gasteiger partial charge in [-0.05, 0) is 29.8 Å². The Kier molecular flexibility index (Phi) is 4.22. The van der Waals surface area contributed by atoms with E-state index in [2.05, 4.69) is 0 Å². The summed E-state index contributed by atoms with van der Waals surface area (Å²) >= 11 is 0. The van der Waals surface area contributed by atoms with Gasteiger partial charge in [0.2, 0.25) is 0 Å². The van der Waals surface area contributed by atoms with Crippen LogP contribution in [0.2, 0.25) is 0 Å². The number of nitrogen functional groups attached to an aromatic ring is 1. The summed E-state index contributed by atoms with van der Waals surface area (Å²) in [5.74, 6) is -0.186. The fraction of sp³-hybridized carbons (Fsp3) is 0.133. The number of ether oxygens (including phenoxy) is 2. The number of aromatic carboxylic acids is 1. The second-order valence-corrected chi connectivity index (χ2v) is 4.21. The zero-order valence-corrected chi connectivity index (χ0v) is 11.0. The summed E-state index contributed by atoms with van der Waals surface area (Å²) in [5, 5.41) is 9.02. The number of carbonyl (C=O) groups is 1. The number of para-hydroxylation sites is 1. The normalized spacial score (nSPS) is 10.2. The molecule has 5 nitrogen and oxygen atoms in total. The number of nitrogens with two attached hydrogens (primary N) is 1. The second kappa shape index (κ2) is 6.08. The fourth-order valence-corrected chi connectivity index (χ4v) is 1.81. The van der Waals surface area contributed by atoms with E-state index in [9.17, 15) is 4.79 Å². The molecule has 0 atom stereocenters. The first-order valence-corrected chi connectivity index (χ1v) is 5.99. The van der Waals surface area contributed by atoms with Gasteiger partial charge in [-0.25, -0.2) is 4.79 Å². The summed E-state index contributed by atoms with van der Waals surface area (Å²) in [6.07, 6.45) is 0. The smallest absolute Gasteiger partial charge is 0.337 e. The third kappa shape index (κ3) is 3.07. The Hall–Kier alpha value is -2.53. The lowest BCUT2D eigenvalue weighted by Crippen LogP contribution is -2.03. The highest BCUT2D eigenvalue weighted by Gasteiger charge is 2.12. The molecule has 0 unspecified atom stereocenters. The predicted molar refractivity (Wildman–Crippen MR) is 75.0 cm³/mol. The largest absolute Gasteiger partial charge is 0.478 e. The number of carboxylic acid groups (broad SMARTS) is 1. The van der Waals surface area contributed by atoms with Gasteiger partial charge >= 0.3 is 5.97 Å². The molecule has 0 aliphatic rings. The van der Waals surface area contributed by atoms with Crippen LogP contribution in [0.3, 0.4) is 0 Å². The van der Waals surface area contributed by atoms with Gasteiger partial charge in [-0.2, -0.15) is 0 Å². The minimum atomic E-state index is -1.08.